The summed E-state index contributed by atoms with van der Waals surface area (Å²) in [5, 5.41) is -0.0564. The molecule has 13 heavy (non-hydrogen) atoms. The zero-order valence-corrected chi connectivity index (χ0v) is 9.31. The summed E-state index contributed by atoms with van der Waals surface area (Å²) in [4.78, 5) is 0. The van der Waals surface area contributed by atoms with Crippen LogP contribution < -0.4 is 0 Å². The molecule has 0 N–H and O–H groups in total. The van der Waals surface area contributed by atoms with E-state index in [2.05, 4.69) is 6.92 Å². The number of hydrogen-bond donors (Lipinski definition) is 0. The smallest absolute Gasteiger partial charge is 0.212 e. The van der Waals surface area contributed by atoms with Crippen molar-refractivity contribution in [2.75, 3.05) is 13.6 Å². The van der Waals surface area contributed by atoms with Crippen LogP contribution in [0.4, 0.5) is 0 Å². The fourth-order valence-corrected chi connectivity index (χ4v) is 2.96. The van der Waals surface area contributed by atoms with E-state index in [-0.39, 0.29) is 5.25 Å². The van der Waals surface area contributed by atoms with Gasteiger partial charge in [0.05, 0.1) is 5.25 Å². The zero-order valence-electron chi connectivity index (χ0n) is 8.49. The molecule has 1 aliphatic rings. The number of rotatable bonds is 6. The van der Waals surface area contributed by atoms with Gasteiger partial charge in [-0.05, 0) is 19.3 Å². The van der Waals surface area contributed by atoms with Crippen molar-refractivity contribution in [1.29, 1.82) is 0 Å². The largest absolute Gasteiger partial charge is 0.216 e. The molecule has 3 nitrogen and oxygen atoms in total. The maximum Gasteiger partial charge on any atom is 0.216 e. The van der Waals surface area contributed by atoms with E-state index in [0.717, 1.165) is 32.1 Å². The summed E-state index contributed by atoms with van der Waals surface area (Å²) in [7, 11) is -1.22. The molecule has 0 aromatic heterocycles. The minimum atomic E-state index is -2.91. The third-order valence-corrected chi connectivity index (χ3v) is 4.82. The fraction of sp³-hybridized carbons (Fsp3) is 1.00. The predicted molar refractivity (Wildman–Crippen MR) is 54.1 cm³/mol. The third kappa shape index (κ3) is 2.95. The molecule has 0 saturated heterocycles. The van der Waals surface area contributed by atoms with Crippen molar-refractivity contribution in [2.24, 2.45) is 0 Å². The van der Waals surface area contributed by atoms with Gasteiger partial charge >= 0.3 is 0 Å². The van der Waals surface area contributed by atoms with Crippen molar-refractivity contribution in [2.45, 2.75) is 44.3 Å². The van der Waals surface area contributed by atoms with E-state index in [1.54, 1.807) is 7.05 Å². The van der Waals surface area contributed by atoms with Crippen LogP contribution in [0.2, 0.25) is 0 Å². The SMILES string of the molecule is CCCCCN(C)S(=O)(=O)C1CC1. The van der Waals surface area contributed by atoms with Crippen molar-refractivity contribution < 1.29 is 8.42 Å². The Morgan fingerprint density at radius 3 is 2.38 bits per heavy atom. The van der Waals surface area contributed by atoms with Crippen molar-refractivity contribution in [3.8, 4) is 0 Å². The van der Waals surface area contributed by atoms with Crippen molar-refractivity contribution in [1.82, 2.24) is 4.31 Å². The van der Waals surface area contributed by atoms with Crippen LogP contribution in [0.25, 0.3) is 0 Å². The minimum absolute atomic E-state index is 0.0564. The molecule has 0 amide bonds. The molecule has 0 heterocycles. The Labute approximate surface area is 81.2 Å². The summed E-state index contributed by atoms with van der Waals surface area (Å²) in [5.74, 6) is 0. The Hall–Kier alpha value is -0.0900. The Bertz CT molecular complexity index is 244. The van der Waals surface area contributed by atoms with E-state index in [0.29, 0.717) is 6.54 Å². The molecular formula is C9H19NO2S. The quantitative estimate of drug-likeness (QED) is 0.618. The van der Waals surface area contributed by atoms with E-state index in [1.165, 1.54) is 4.31 Å². The lowest BCUT2D eigenvalue weighted by Crippen LogP contribution is -2.30. The number of hydrogen-bond acceptors (Lipinski definition) is 2. The van der Waals surface area contributed by atoms with Gasteiger partial charge in [-0.3, -0.25) is 0 Å². The topological polar surface area (TPSA) is 37.4 Å². The minimum Gasteiger partial charge on any atom is -0.212 e. The van der Waals surface area contributed by atoms with Crippen molar-refractivity contribution in [3.63, 3.8) is 0 Å². The summed E-state index contributed by atoms with van der Waals surface area (Å²) in [5.41, 5.74) is 0. The molecule has 1 rings (SSSR count). The van der Waals surface area contributed by atoms with Crippen LogP contribution in [0.15, 0.2) is 0 Å². The molecule has 0 radical (unpaired) electrons. The Balaban J connectivity index is 2.33. The molecule has 1 fully saturated rings. The van der Waals surface area contributed by atoms with Gasteiger partial charge in [0, 0.05) is 13.6 Å². The number of unbranched alkanes of at least 4 members (excludes halogenated alkanes) is 2. The van der Waals surface area contributed by atoms with Crippen LogP contribution in [0.5, 0.6) is 0 Å². The Morgan fingerprint density at radius 2 is 1.92 bits per heavy atom. The van der Waals surface area contributed by atoms with Crippen LogP contribution in [0, 0.1) is 0 Å². The maximum atomic E-state index is 11.6. The molecule has 0 spiro atoms. The maximum absolute atomic E-state index is 11.6. The molecular weight excluding hydrogens is 186 g/mol. The summed E-state index contributed by atoms with van der Waals surface area (Å²) in [6, 6.07) is 0. The van der Waals surface area contributed by atoms with Gasteiger partial charge in [-0.2, -0.15) is 0 Å². The van der Waals surface area contributed by atoms with Gasteiger partial charge in [0.25, 0.3) is 0 Å². The molecule has 1 aliphatic carbocycles. The molecule has 0 unspecified atom stereocenters. The van der Waals surface area contributed by atoms with Gasteiger partial charge in [0.2, 0.25) is 10.0 Å². The Kier molecular flexibility index (Phi) is 3.74. The van der Waals surface area contributed by atoms with E-state index >= 15 is 0 Å². The van der Waals surface area contributed by atoms with Gasteiger partial charge in [0.1, 0.15) is 0 Å². The highest BCUT2D eigenvalue weighted by Gasteiger charge is 2.38. The molecule has 0 aliphatic heterocycles. The van der Waals surface area contributed by atoms with Gasteiger partial charge in [-0.15, -0.1) is 0 Å². The lowest BCUT2D eigenvalue weighted by atomic mass is 10.2. The molecule has 0 atom stereocenters. The van der Waals surface area contributed by atoms with Crippen LogP contribution >= 0.6 is 0 Å². The van der Waals surface area contributed by atoms with Crippen LogP contribution in [0.3, 0.4) is 0 Å². The highest BCUT2D eigenvalue weighted by molar-refractivity contribution is 7.90. The summed E-state index contributed by atoms with van der Waals surface area (Å²) in [6.07, 6.45) is 4.96. The summed E-state index contributed by atoms with van der Waals surface area (Å²) < 4.78 is 24.8. The molecule has 0 aromatic carbocycles. The van der Waals surface area contributed by atoms with Crippen LogP contribution in [-0.2, 0) is 10.0 Å². The van der Waals surface area contributed by atoms with Gasteiger partial charge in [0.15, 0.2) is 0 Å². The summed E-state index contributed by atoms with van der Waals surface area (Å²) in [6.45, 7) is 2.81. The monoisotopic (exact) mass is 205 g/mol. The first-order chi connectivity index (χ1) is 6.09. The number of sulfonamides is 1. The lowest BCUT2D eigenvalue weighted by molar-refractivity contribution is 0.453. The standard InChI is InChI=1S/C9H19NO2S/c1-3-4-5-8-10(2)13(11,12)9-6-7-9/h9H,3-8H2,1-2H3. The highest BCUT2D eigenvalue weighted by Crippen LogP contribution is 2.30. The van der Waals surface area contributed by atoms with E-state index in [4.69, 9.17) is 0 Å². The van der Waals surface area contributed by atoms with Crippen LogP contribution in [-0.4, -0.2) is 31.6 Å². The van der Waals surface area contributed by atoms with Crippen molar-refractivity contribution in [3.05, 3.63) is 0 Å². The average molecular weight is 205 g/mol. The molecule has 4 heteroatoms. The second-order valence-corrected chi connectivity index (χ2v) is 6.09. The first kappa shape index (κ1) is 11.0. The van der Waals surface area contributed by atoms with Gasteiger partial charge in [-0.1, -0.05) is 19.8 Å². The van der Waals surface area contributed by atoms with Gasteiger partial charge < -0.3 is 0 Å². The zero-order chi connectivity index (χ0) is 9.90. The summed E-state index contributed by atoms with van der Waals surface area (Å²) >= 11 is 0. The van der Waals surface area contributed by atoms with E-state index in [1.807, 2.05) is 0 Å². The Morgan fingerprint density at radius 1 is 1.31 bits per heavy atom. The second kappa shape index (κ2) is 4.42. The molecule has 78 valence electrons. The third-order valence-electron chi connectivity index (χ3n) is 2.46. The van der Waals surface area contributed by atoms with E-state index < -0.39 is 10.0 Å². The van der Waals surface area contributed by atoms with Crippen LogP contribution in [0.1, 0.15) is 39.0 Å². The molecule has 1 saturated carbocycles. The normalized spacial score (nSPS) is 18.1. The second-order valence-electron chi connectivity index (χ2n) is 3.77. The van der Waals surface area contributed by atoms with E-state index in [9.17, 15) is 8.42 Å². The predicted octanol–water partition coefficient (Wildman–Crippen LogP) is 1.60. The first-order valence-electron chi connectivity index (χ1n) is 5.04. The lowest BCUT2D eigenvalue weighted by Gasteiger charge is -2.16. The number of nitrogens with zero attached hydrogens (tertiary/aromatic N) is 1. The van der Waals surface area contributed by atoms with Crippen molar-refractivity contribution >= 4 is 10.0 Å². The molecule has 0 aromatic rings. The molecule has 0 bridgehead atoms. The average Bonchev–Trinajstić information content (AvgIpc) is 2.86. The highest BCUT2D eigenvalue weighted by atomic mass is 32.2. The van der Waals surface area contributed by atoms with Gasteiger partial charge in [-0.25, -0.2) is 12.7 Å². The fourth-order valence-electron chi connectivity index (χ4n) is 1.33. The first-order valence-corrected chi connectivity index (χ1v) is 6.54.